The molecule has 10 heteroatoms. The van der Waals surface area contributed by atoms with E-state index in [1.165, 1.54) is 18.2 Å². The van der Waals surface area contributed by atoms with Crippen LogP contribution >= 0.6 is 11.6 Å². The van der Waals surface area contributed by atoms with Crippen molar-refractivity contribution < 1.29 is 23.6 Å². The molecule has 2 aromatic rings. The Kier molecular flexibility index (Phi) is 7.78. The number of morpholine rings is 1. The molecule has 1 fully saturated rings. The number of halogens is 2. The van der Waals surface area contributed by atoms with Gasteiger partial charge in [-0.15, -0.1) is 0 Å². The van der Waals surface area contributed by atoms with Crippen molar-refractivity contribution in [3.8, 4) is 5.75 Å². The zero-order chi connectivity index (χ0) is 22.4. The fourth-order valence-corrected chi connectivity index (χ4v) is 3.56. The molecule has 1 saturated heterocycles. The average molecular weight is 452 g/mol. The molecule has 0 spiro atoms. The van der Waals surface area contributed by atoms with E-state index in [1.807, 2.05) is 0 Å². The van der Waals surface area contributed by atoms with Gasteiger partial charge in [0.1, 0.15) is 16.6 Å². The van der Waals surface area contributed by atoms with Crippen molar-refractivity contribution in [3.05, 3.63) is 68.5 Å². The molecule has 0 radical (unpaired) electrons. The van der Waals surface area contributed by atoms with Gasteiger partial charge in [0.2, 0.25) is 0 Å². The molecule has 0 saturated carbocycles. The molecule has 0 bridgehead atoms. The maximum absolute atomic E-state index is 13.1. The largest absolute Gasteiger partial charge is 0.493 e. The summed E-state index contributed by atoms with van der Waals surface area (Å²) in [4.78, 5) is 25.3. The summed E-state index contributed by atoms with van der Waals surface area (Å²) < 4.78 is 24.2. The predicted octanol–water partition coefficient (Wildman–Crippen LogP) is 3.42. The molecule has 1 aliphatic heterocycles. The van der Waals surface area contributed by atoms with Gasteiger partial charge in [-0.3, -0.25) is 19.8 Å². The number of hydrogen-bond donors (Lipinski definition) is 1. The number of carbonyl (C=O) groups excluding carboxylic acids is 1. The van der Waals surface area contributed by atoms with E-state index in [0.717, 1.165) is 18.2 Å². The predicted molar refractivity (Wildman–Crippen MR) is 113 cm³/mol. The summed E-state index contributed by atoms with van der Waals surface area (Å²) in [5.74, 6) is -0.637. The van der Waals surface area contributed by atoms with Crippen LogP contribution in [0.1, 0.15) is 22.8 Å². The molecule has 0 aromatic heterocycles. The van der Waals surface area contributed by atoms with Gasteiger partial charge in [-0.25, -0.2) is 4.39 Å². The van der Waals surface area contributed by atoms with Gasteiger partial charge in [0, 0.05) is 26.2 Å². The minimum Gasteiger partial charge on any atom is -0.493 e. The van der Waals surface area contributed by atoms with Crippen molar-refractivity contribution in [1.29, 1.82) is 0 Å². The highest BCUT2D eigenvalue weighted by Gasteiger charge is 2.24. The molecular weight excluding hydrogens is 429 g/mol. The number of nitro benzene ring substituents is 1. The summed E-state index contributed by atoms with van der Waals surface area (Å²) in [6.45, 7) is 4.69. The van der Waals surface area contributed by atoms with Crippen LogP contribution in [-0.2, 0) is 11.3 Å². The molecular formula is C21H23ClFN3O5. The normalized spacial score (nSPS) is 16.7. The zero-order valence-corrected chi connectivity index (χ0v) is 17.7. The van der Waals surface area contributed by atoms with E-state index in [2.05, 4.69) is 10.2 Å². The highest BCUT2D eigenvalue weighted by atomic mass is 35.5. The van der Waals surface area contributed by atoms with E-state index in [-0.39, 0.29) is 47.1 Å². The summed E-state index contributed by atoms with van der Waals surface area (Å²) in [6.07, 6.45) is -0.234. The van der Waals surface area contributed by atoms with Crippen LogP contribution < -0.4 is 10.1 Å². The van der Waals surface area contributed by atoms with Crippen molar-refractivity contribution in [1.82, 2.24) is 10.2 Å². The molecule has 1 atom stereocenters. The maximum atomic E-state index is 13.1. The first-order valence-electron chi connectivity index (χ1n) is 9.84. The van der Waals surface area contributed by atoms with Crippen LogP contribution in [-0.4, -0.2) is 54.7 Å². The summed E-state index contributed by atoms with van der Waals surface area (Å²) >= 11 is 5.96. The van der Waals surface area contributed by atoms with Crippen molar-refractivity contribution in [2.75, 3.05) is 32.8 Å². The molecule has 3 rings (SSSR count). The number of benzene rings is 2. The van der Waals surface area contributed by atoms with E-state index in [9.17, 15) is 19.3 Å². The van der Waals surface area contributed by atoms with Crippen LogP contribution in [0.25, 0.3) is 0 Å². The van der Waals surface area contributed by atoms with Crippen molar-refractivity contribution in [3.63, 3.8) is 0 Å². The second-order valence-corrected chi connectivity index (χ2v) is 7.46. The first-order valence-corrected chi connectivity index (χ1v) is 10.2. The number of amides is 1. The second kappa shape index (κ2) is 10.5. The van der Waals surface area contributed by atoms with Gasteiger partial charge in [-0.2, -0.15) is 0 Å². The van der Waals surface area contributed by atoms with E-state index in [0.29, 0.717) is 19.7 Å². The number of hydrogen-bond acceptors (Lipinski definition) is 6. The Morgan fingerprint density at radius 3 is 2.81 bits per heavy atom. The molecule has 31 heavy (non-hydrogen) atoms. The van der Waals surface area contributed by atoms with Crippen LogP contribution in [0, 0.1) is 15.9 Å². The summed E-state index contributed by atoms with van der Waals surface area (Å²) in [6, 6.07) is 8.74. The van der Waals surface area contributed by atoms with Crippen LogP contribution in [0.5, 0.6) is 5.75 Å². The smallest absolute Gasteiger partial charge is 0.291 e. The highest BCUT2D eigenvalue weighted by molar-refractivity contribution is 6.33. The first-order chi connectivity index (χ1) is 14.9. The molecule has 1 aliphatic rings. The fraction of sp³-hybridized carbons (Fsp3) is 0.381. The van der Waals surface area contributed by atoms with Crippen LogP contribution in [0.2, 0.25) is 5.02 Å². The zero-order valence-electron chi connectivity index (χ0n) is 17.0. The maximum Gasteiger partial charge on any atom is 0.291 e. The van der Waals surface area contributed by atoms with Gasteiger partial charge in [-0.05, 0) is 30.7 Å². The van der Waals surface area contributed by atoms with Crippen LogP contribution in [0.4, 0.5) is 10.1 Å². The van der Waals surface area contributed by atoms with Crippen LogP contribution in [0.15, 0.2) is 36.4 Å². The molecule has 166 valence electrons. The Hall–Kier alpha value is -2.75. The Labute approximate surface area is 184 Å². The molecule has 1 unspecified atom stereocenters. The number of ether oxygens (including phenoxy) is 2. The second-order valence-electron chi connectivity index (χ2n) is 7.05. The molecule has 1 N–H and O–H groups in total. The lowest BCUT2D eigenvalue weighted by molar-refractivity contribution is -0.384. The van der Waals surface area contributed by atoms with Crippen molar-refractivity contribution in [2.24, 2.45) is 0 Å². The Morgan fingerprint density at radius 2 is 2.13 bits per heavy atom. The van der Waals surface area contributed by atoms with E-state index in [1.54, 1.807) is 19.1 Å². The third kappa shape index (κ3) is 6.13. The van der Waals surface area contributed by atoms with Crippen LogP contribution in [0.3, 0.4) is 0 Å². The van der Waals surface area contributed by atoms with Gasteiger partial charge < -0.3 is 14.8 Å². The first kappa shape index (κ1) is 22.9. The van der Waals surface area contributed by atoms with Crippen molar-refractivity contribution in [2.45, 2.75) is 19.6 Å². The monoisotopic (exact) mass is 451 g/mol. The van der Waals surface area contributed by atoms with Gasteiger partial charge in [0.05, 0.1) is 35.9 Å². The minimum absolute atomic E-state index is 0.0959. The molecule has 1 heterocycles. The highest BCUT2D eigenvalue weighted by Crippen LogP contribution is 2.32. The standard InChI is InChI=1S/C21H23ClFN3O5/c1-2-30-20-10-19(26(28)29)18(22)9-17(20)21(27)24-11-16-13-25(7-8-31-16)12-14-3-5-15(23)6-4-14/h3-6,9-10,16H,2,7-8,11-13H2,1H3,(H,24,27). The Balaban J connectivity index is 1.61. The summed E-state index contributed by atoms with van der Waals surface area (Å²) in [7, 11) is 0. The quantitative estimate of drug-likeness (QED) is 0.488. The Bertz CT molecular complexity index is 941. The topological polar surface area (TPSA) is 93.9 Å². The number of carbonyl (C=O) groups is 1. The number of nitrogens with one attached hydrogen (secondary N) is 1. The summed E-state index contributed by atoms with van der Waals surface area (Å²) in [5.41, 5.74) is 0.790. The minimum atomic E-state index is -0.627. The van der Waals surface area contributed by atoms with E-state index < -0.39 is 10.8 Å². The third-order valence-corrected chi connectivity index (χ3v) is 5.13. The lowest BCUT2D eigenvalue weighted by Crippen LogP contribution is -2.47. The van der Waals surface area contributed by atoms with Gasteiger partial charge >= 0.3 is 0 Å². The average Bonchev–Trinajstić information content (AvgIpc) is 2.75. The number of nitrogens with zero attached hydrogens (tertiary/aromatic N) is 2. The fourth-order valence-electron chi connectivity index (χ4n) is 3.33. The van der Waals surface area contributed by atoms with E-state index >= 15 is 0 Å². The number of rotatable bonds is 8. The Morgan fingerprint density at radius 1 is 1.39 bits per heavy atom. The lowest BCUT2D eigenvalue weighted by atomic mass is 10.1. The van der Waals surface area contributed by atoms with E-state index in [4.69, 9.17) is 21.1 Å². The lowest BCUT2D eigenvalue weighted by Gasteiger charge is -2.33. The molecule has 0 aliphatic carbocycles. The van der Waals surface area contributed by atoms with Crippen molar-refractivity contribution >= 4 is 23.2 Å². The third-order valence-electron chi connectivity index (χ3n) is 4.82. The van der Waals surface area contributed by atoms with Gasteiger partial charge in [0.15, 0.2) is 0 Å². The molecule has 1 amide bonds. The number of nitro groups is 1. The SMILES string of the molecule is CCOc1cc([N+](=O)[O-])c(Cl)cc1C(=O)NCC1CN(Cc2ccc(F)cc2)CCO1. The van der Waals surface area contributed by atoms with Gasteiger partial charge in [-0.1, -0.05) is 23.7 Å². The molecule has 8 nitrogen and oxygen atoms in total. The van der Waals surface area contributed by atoms with Gasteiger partial charge in [0.25, 0.3) is 11.6 Å². The molecule has 2 aromatic carbocycles. The summed E-state index contributed by atoms with van der Waals surface area (Å²) in [5, 5.41) is 13.7.